The van der Waals surface area contributed by atoms with E-state index in [1.807, 2.05) is 72.8 Å². The molecule has 6 aromatic rings. The molecule has 0 saturated carbocycles. The van der Waals surface area contributed by atoms with Crippen LogP contribution in [0.1, 0.15) is 66.8 Å². The molecule has 0 aliphatic rings. The molecule has 0 aromatic heterocycles. The molecule has 12 nitrogen and oxygen atoms in total. The first kappa shape index (κ1) is 51.4. The van der Waals surface area contributed by atoms with Crippen LogP contribution in [0, 0.1) is 0 Å². The van der Waals surface area contributed by atoms with Crippen LogP contribution < -0.4 is 0 Å². The van der Waals surface area contributed by atoms with Crippen molar-refractivity contribution in [3.63, 3.8) is 0 Å². The number of carbonyl (C=O) groups excluding carboxylic acids is 4. The molecule has 0 saturated heterocycles. The van der Waals surface area contributed by atoms with Gasteiger partial charge in [0, 0.05) is 14.2 Å². The van der Waals surface area contributed by atoms with E-state index in [4.69, 9.17) is 28.4 Å². The van der Waals surface area contributed by atoms with E-state index in [1.165, 1.54) is 22.3 Å². The topological polar surface area (TPSA) is 164 Å². The Morgan fingerprint density at radius 3 is 0.710 bits per heavy atom. The fraction of sp³-hybridized carbons (Fsp3) is 0.298. The van der Waals surface area contributed by atoms with E-state index >= 15 is 0 Å². The first-order valence-corrected chi connectivity index (χ1v) is 22.9. The number of rotatable bonds is 26. The Balaban J connectivity index is 0.852. The van der Waals surface area contributed by atoms with Gasteiger partial charge in [-0.2, -0.15) is 0 Å². The minimum Gasteiger partial charge on any atom is -0.463 e. The molecule has 6 rings (SSSR count). The second-order valence-corrected chi connectivity index (χ2v) is 17.0. The Kier molecular flexibility index (Phi) is 19.8. The summed E-state index contributed by atoms with van der Waals surface area (Å²) in [5, 5.41) is 20.7. The van der Waals surface area contributed by atoms with Crippen molar-refractivity contribution >= 4 is 23.9 Å². The van der Waals surface area contributed by atoms with Gasteiger partial charge in [-0.3, -0.25) is 19.2 Å². The summed E-state index contributed by atoms with van der Waals surface area (Å²) >= 11 is 0. The summed E-state index contributed by atoms with van der Waals surface area (Å²) in [5.74, 6) is -4.44. The van der Waals surface area contributed by atoms with E-state index < -0.39 is 30.9 Å². The summed E-state index contributed by atoms with van der Waals surface area (Å²) in [4.78, 5) is 49.0. The SMILES string of the molecule is COCCOC(=O)Cc1ccc(Cc2ccc(CC(=O)OCC(O)(O)COC(=O)Cc3ccc(Cc4ccc(Cc5ccc(Cc6ccc(CC(=O)OCCOC)cc6)cc5)cc4)cc3)cc2)cc1. The van der Waals surface area contributed by atoms with Crippen LogP contribution >= 0.6 is 0 Å². The number of ether oxygens (including phenoxy) is 6. The van der Waals surface area contributed by atoms with Gasteiger partial charge in [0.15, 0.2) is 0 Å². The predicted molar refractivity (Wildman–Crippen MR) is 259 cm³/mol. The van der Waals surface area contributed by atoms with Gasteiger partial charge in [-0.15, -0.1) is 0 Å². The molecule has 0 aliphatic heterocycles. The number of esters is 4. The predicted octanol–water partition coefficient (Wildman–Crippen LogP) is 7.07. The van der Waals surface area contributed by atoms with Crippen LogP contribution in [0.2, 0.25) is 0 Å². The lowest BCUT2D eigenvalue weighted by molar-refractivity contribution is -0.225. The van der Waals surface area contributed by atoms with Crippen LogP contribution in [0.25, 0.3) is 0 Å². The van der Waals surface area contributed by atoms with Crippen LogP contribution in [-0.4, -0.2) is 93.7 Å². The molecule has 0 amide bonds. The van der Waals surface area contributed by atoms with E-state index in [1.54, 1.807) is 26.4 Å². The Bertz CT molecular complexity index is 2530. The van der Waals surface area contributed by atoms with Crippen molar-refractivity contribution in [2.24, 2.45) is 0 Å². The highest BCUT2D eigenvalue weighted by Crippen LogP contribution is 2.19. The minimum atomic E-state index is -2.56. The average Bonchev–Trinajstić information content (AvgIpc) is 3.34. The lowest BCUT2D eigenvalue weighted by Crippen LogP contribution is -2.41. The molecule has 0 bridgehead atoms. The maximum atomic E-state index is 12.6. The third kappa shape index (κ3) is 18.6. The normalized spacial score (nSPS) is 11.2. The largest absolute Gasteiger partial charge is 0.463 e. The Hall–Kier alpha value is -6.96. The summed E-state index contributed by atoms with van der Waals surface area (Å²) in [6.45, 7) is -0.306. The molecular formula is C57H60O12. The molecule has 0 fully saturated rings. The maximum absolute atomic E-state index is 12.6. The van der Waals surface area contributed by atoms with Gasteiger partial charge in [0.25, 0.3) is 0 Å². The first-order valence-electron chi connectivity index (χ1n) is 22.9. The summed E-state index contributed by atoms with van der Waals surface area (Å²) in [6.07, 6.45) is 3.26. The van der Waals surface area contributed by atoms with E-state index in [-0.39, 0.29) is 50.8 Å². The molecule has 12 heteroatoms. The van der Waals surface area contributed by atoms with Gasteiger partial charge in [0.1, 0.15) is 26.4 Å². The summed E-state index contributed by atoms with van der Waals surface area (Å²) < 4.78 is 30.3. The van der Waals surface area contributed by atoms with Crippen molar-refractivity contribution < 1.29 is 57.8 Å². The summed E-state index contributed by atoms with van der Waals surface area (Å²) in [5.41, 5.74) is 12.3. The third-order valence-electron chi connectivity index (χ3n) is 11.2. The summed E-state index contributed by atoms with van der Waals surface area (Å²) in [7, 11) is 3.12. The van der Waals surface area contributed by atoms with Crippen molar-refractivity contribution in [2.45, 2.75) is 57.2 Å². The number of aliphatic hydroxyl groups is 2. The fourth-order valence-corrected chi connectivity index (χ4v) is 7.37. The van der Waals surface area contributed by atoms with Crippen LogP contribution in [-0.2, 0) is 99.0 Å². The van der Waals surface area contributed by atoms with Crippen molar-refractivity contribution in [3.8, 4) is 0 Å². The molecule has 0 unspecified atom stereocenters. The van der Waals surface area contributed by atoms with Gasteiger partial charge in [-0.05, 0) is 92.4 Å². The zero-order chi connectivity index (χ0) is 48.9. The van der Waals surface area contributed by atoms with Crippen molar-refractivity contribution in [2.75, 3.05) is 53.9 Å². The second kappa shape index (κ2) is 26.5. The van der Waals surface area contributed by atoms with Gasteiger partial charge >= 0.3 is 23.9 Å². The van der Waals surface area contributed by atoms with Crippen molar-refractivity contribution in [1.82, 2.24) is 0 Å². The third-order valence-corrected chi connectivity index (χ3v) is 11.2. The Labute approximate surface area is 403 Å². The molecule has 0 spiro atoms. The first-order chi connectivity index (χ1) is 33.4. The highest BCUT2D eigenvalue weighted by Gasteiger charge is 2.28. The molecule has 2 N–H and O–H groups in total. The van der Waals surface area contributed by atoms with Crippen LogP contribution in [0.4, 0.5) is 0 Å². The van der Waals surface area contributed by atoms with E-state index in [0.717, 1.165) is 52.6 Å². The van der Waals surface area contributed by atoms with Gasteiger partial charge in [0.05, 0.1) is 38.9 Å². The molecule has 6 aromatic carbocycles. The molecule has 0 aliphatic carbocycles. The quantitative estimate of drug-likeness (QED) is 0.0247. The van der Waals surface area contributed by atoms with Gasteiger partial charge < -0.3 is 38.6 Å². The zero-order valence-corrected chi connectivity index (χ0v) is 39.2. The molecule has 0 atom stereocenters. The molecule has 69 heavy (non-hydrogen) atoms. The number of carbonyl (C=O) groups is 4. The lowest BCUT2D eigenvalue weighted by atomic mass is 9.98. The van der Waals surface area contributed by atoms with Crippen molar-refractivity contribution in [3.05, 3.63) is 212 Å². The van der Waals surface area contributed by atoms with Gasteiger partial charge in [0.2, 0.25) is 5.79 Å². The zero-order valence-electron chi connectivity index (χ0n) is 39.2. The monoisotopic (exact) mass is 936 g/mol. The standard InChI is InChI=1S/C57H60O12/c1-64-27-29-66-53(58)35-49-19-11-45(12-20-49)32-43-7-3-41(4-8-43)31-42-5-9-44(10-6-42)33-47-15-23-51(24-16-47)37-55(60)68-39-57(62,63)40-69-56(61)38-52-25-17-48(18-26-52)34-46-13-21-50(22-14-46)36-54(59)67-30-28-65-2/h3-26,62-63H,27-40H2,1-2H3. The van der Waals surface area contributed by atoms with Gasteiger partial charge in [-0.25, -0.2) is 0 Å². The van der Waals surface area contributed by atoms with Crippen LogP contribution in [0.15, 0.2) is 146 Å². The highest BCUT2D eigenvalue weighted by molar-refractivity contribution is 5.74. The molecular weight excluding hydrogens is 877 g/mol. The van der Waals surface area contributed by atoms with E-state index in [2.05, 4.69) is 60.7 Å². The Morgan fingerprint density at radius 1 is 0.319 bits per heavy atom. The number of benzene rings is 6. The van der Waals surface area contributed by atoms with E-state index in [0.29, 0.717) is 30.8 Å². The number of methoxy groups -OCH3 is 2. The van der Waals surface area contributed by atoms with E-state index in [9.17, 15) is 29.4 Å². The average molecular weight is 937 g/mol. The number of hydrogen-bond acceptors (Lipinski definition) is 12. The fourth-order valence-electron chi connectivity index (χ4n) is 7.37. The Morgan fingerprint density at radius 2 is 0.507 bits per heavy atom. The van der Waals surface area contributed by atoms with Crippen LogP contribution in [0.5, 0.6) is 0 Å². The van der Waals surface area contributed by atoms with Gasteiger partial charge in [-0.1, -0.05) is 146 Å². The lowest BCUT2D eigenvalue weighted by Gasteiger charge is -2.21. The summed E-state index contributed by atoms with van der Waals surface area (Å²) in [6, 6.07) is 48.0. The number of hydrogen-bond donors (Lipinski definition) is 2. The second-order valence-electron chi connectivity index (χ2n) is 17.0. The van der Waals surface area contributed by atoms with Crippen molar-refractivity contribution in [1.29, 1.82) is 0 Å². The molecule has 0 radical (unpaired) electrons. The smallest absolute Gasteiger partial charge is 0.310 e. The maximum Gasteiger partial charge on any atom is 0.310 e. The molecule has 0 heterocycles. The highest BCUT2D eigenvalue weighted by atomic mass is 16.6. The minimum absolute atomic E-state index is 0.0674. The molecule has 360 valence electrons. The van der Waals surface area contributed by atoms with Crippen LogP contribution in [0.3, 0.4) is 0 Å².